The highest BCUT2D eigenvalue weighted by Gasteiger charge is 2.45. The Morgan fingerprint density at radius 3 is 1.95 bits per heavy atom. The topological polar surface area (TPSA) is 225 Å². The normalized spacial score (nSPS) is 17.4. The number of anilines is 1. The van der Waals surface area contributed by atoms with Gasteiger partial charge in [0.1, 0.15) is 17.8 Å². The van der Waals surface area contributed by atoms with Gasteiger partial charge in [-0.05, 0) is 37.5 Å². The van der Waals surface area contributed by atoms with Gasteiger partial charge in [0.25, 0.3) is 5.56 Å². The maximum absolute atomic E-state index is 12.2. The van der Waals surface area contributed by atoms with E-state index in [1.165, 1.54) is 10.9 Å². The summed E-state index contributed by atoms with van der Waals surface area (Å²) in [5, 5.41) is 20.0. The van der Waals surface area contributed by atoms with E-state index >= 15 is 0 Å². The molecule has 13 heteroatoms. The second kappa shape index (κ2) is 13.2. The minimum Gasteiger partial charge on any atom is -0.480 e. The maximum atomic E-state index is 12.2. The molecule has 0 saturated heterocycles. The van der Waals surface area contributed by atoms with Crippen molar-refractivity contribution in [2.75, 3.05) is 5.73 Å². The molecule has 2 heterocycles. The van der Waals surface area contributed by atoms with Crippen molar-refractivity contribution in [1.29, 1.82) is 0 Å². The number of carboxylic acid groups (broad SMARTS) is 2. The Labute approximate surface area is 222 Å². The molecule has 0 fully saturated rings. The van der Waals surface area contributed by atoms with E-state index in [1.807, 2.05) is 27.7 Å². The third-order valence-electron chi connectivity index (χ3n) is 7.60. The molecule has 13 nitrogen and oxygen atoms in total. The summed E-state index contributed by atoms with van der Waals surface area (Å²) < 4.78 is 7.80. The first kappa shape index (κ1) is 31.2. The number of nitrogens with two attached hydrogens (primary N) is 3. The van der Waals surface area contributed by atoms with Gasteiger partial charge in [-0.3, -0.25) is 23.9 Å². The fourth-order valence-electron chi connectivity index (χ4n) is 5.40. The molecule has 0 aliphatic carbocycles. The van der Waals surface area contributed by atoms with Crippen molar-refractivity contribution in [3.05, 3.63) is 16.7 Å². The van der Waals surface area contributed by atoms with Crippen LogP contribution in [-0.2, 0) is 21.1 Å². The summed E-state index contributed by atoms with van der Waals surface area (Å²) in [6, 6.07) is 0. The molecule has 0 saturated carbocycles. The predicted molar refractivity (Wildman–Crippen MR) is 143 cm³/mol. The Morgan fingerprint density at radius 2 is 1.53 bits per heavy atom. The Bertz CT molecular complexity index is 1110. The molecule has 0 amide bonds. The van der Waals surface area contributed by atoms with Gasteiger partial charge in [0.05, 0.1) is 12.4 Å². The zero-order valence-electron chi connectivity index (χ0n) is 22.8. The molecule has 0 bridgehead atoms. The number of aromatic amines is 1. The van der Waals surface area contributed by atoms with E-state index in [2.05, 4.69) is 15.0 Å². The molecule has 38 heavy (non-hydrogen) atoms. The predicted octanol–water partition coefficient (Wildman–Crippen LogP) is 2.04. The SMILES string of the molecule is CCCC(N)(C(=O)O)C(CC)CC(CC(CC)C(N)(CCC)C(=O)O)OCn1cnc2c(=O)[nH]c(N)nc21. The van der Waals surface area contributed by atoms with Crippen LogP contribution in [0.4, 0.5) is 5.95 Å². The molecule has 0 aliphatic rings. The molecular weight excluding hydrogens is 494 g/mol. The molecule has 0 radical (unpaired) electrons. The molecule has 0 aromatic carbocycles. The molecule has 9 N–H and O–H groups in total. The lowest BCUT2D eigenvalue weighted by atomic mass is 9.72. The molecule has 214 valence electrons. The van der Waals surface area contributed by atoms with Gasteiger partial charge >= 0.3 is 11.9 Å². The van der Waals surface area contributed by atoms with E-state index in [0.717, 1.165) is 0 Å². The summed E-state index contributed by atoms with van der Waals surface area (Å²) in [5.41, 5.74) is 15.5. The number of fused-ring (bicyclic) bond motifs is 1. The van der Waals surface area contributed by atoms with Gasteiger partial charge in [0.2, 0.25) is 5.95 Å². The maximum Gasteiger partial charge on any atom is 0.323 e. The number of rotatable bonds is 17. The number of aromatic nitrogens is 4. The van der Waals surface area contributed by atoms with Gasteiger partial charge in [-0.25, -0.2) is 4.98 Å². The van der Waals surface area contributed by atoms with E-state index in [4.69, 9.17) is 21.9 Å². The van der Waals surface area contributed by atoms with Crippen molar-refractivity contribution < 1.29 is 24.5 Å². The first-order chi connectivity index (χ1) is 17.9. The lowest BCUT2D eigenvalue weighted by Crippen LogP contribution is -2.56. The lowest BCUT2D eigenvalue weighted by molar-refractivity contribution is -0.147. The summed E-state index contributed by atoms with van der Waals surface area (Å²) in [7, 11) is 0. The third kappa shape index (κ3) is 6.69. The number of nitrogens with zero attached hydrogens (tertiary/aromatic N) is 3. The number of imidazole rings is 1. The van der Waals surface area contributed by atoms with Crippen LogP contribution in [0, 0.1) is 11.8 Å². The molecule has 2 aromatic heterocycles. The van der Waals surface area contributed by atoms with Crippen molar-refractivity contribution in [1.82, 2.24) is 19.5 Å². The van der Waals surface area contributed by atoms with Crippen molar-refractivity contribution in [3.63, 3.8) is 0 Å². The molecule has 2 rings (SSSR count). The van der Waals surface area contributed by atoms with Crippen LogP contribution in [0.5, 0.6) is 0 Å². The minimum atomic E-state index is -1.46. The highest BCUT2D eigenvalue weighted by Crippen LogP contribution is 2.35. The lowest BCUT2D eigenvalue weighted by Gasteiger charge is -2.38. The van der Waals surface area contributed by atoms with Crippen LogP contribution >= 0.6 is 0 Å². The van der Waals surface area contributed by atoms with Crippen LogP contribution in [0.1, 0.15) is 79.1 Å². The number of H-pyrrole nitrogens is 1. The van der Waals surface area contributed by atoms with Gasteiger partial charge in [0, 0.05) is 0 Å². The summed E-state index contributed by atoms with van der Waals surface area (Å²) in [4.78, 5) is 47.3. The Kier molecular flexibility index (Phi) is 10.8. The van der Waals surface area contributed by atoms with Gasteiger partial charge in [-0.1, -0.05) is 53.4 Å². The van der Waals surface area contributed by atoms with Gasteiger partial charge in [-0.2, -0.15) is 4.98 Å². The molecular formula is C25H43N7O6. The van der Waals surface area contributed by atoms with Crippen molar-refractivity contribution >= 4 is 29.1 Å². The molecule has 4 unspecified atom stereocenters. The largest absolute Gasteiger partial charge is 0.480 e. The summed E-state index contributed by atoms with van der Waals surface area (Å²) in [5.74, 6) is -3.12. The Balaban J connectivity index is 2.44. The molecule has 2 aromatic rings. The molecule has 0 aliphatic heterocycles. The second-order valence-electron chi connectivity index (χ2n) is 10.1. The number of nitrogen functional groups attached to an aromatic ring is 1. The highest BCUT2D eigenvalue weighted by atomic mass is 16.5. The third-order valence-corrected chi connectivity index (χ3v) is 7.60. The van der Waals surface area contributed by atoms with Gasteiger partial charge in [0.15, 0.2) is 11.2 Å². The van der Waals surface area contributed by atoms with Gasteiger partial charge in [-0.15, -0.1) is 0 Å². The minimum absolute atomic E-state index is 0.0687. The van der Waals surface area contributed by atoms with Crippen molar-refractivity contribution in [2.45, 2.75) is 103 Å². The number of hydrogen-bond donors (Lipinski definition) is 6. The number of hydrogen-bond acceptors (Lipinski definition) is 9. The van der Waals surface area contributed by atoms with Crippen LogP contribution in [0.2, 0.25) is 0 Å². The Morgan fingerprint density at radius 1 is 1.03 bits per heavy atom. The fraction of sp³-hybridized carbons (Fsp3) is 0.720. The number of carbonyl (C=O) groups is 2. The van der Waals surface area contributed by atoms with Crippen LogP contribution in [0.25, 0.3) is 11.2 Å². The average Bonchev–Trinajstić information content (AvgIpc) is 3.26. The average molecular weight is 538 g/mol. The van der Waals surface area contributed by atoms with Gasteiger partial charge < -0.3 is 32.2 Å². The van der Waals surface area contributed by atoms with Crippen molar-refractivity contribution in [2.24, 2.45) is 23.3 Å². The second-order valence-corrected chi connectivity index (χ2v) is 10.1. The number of ether oxygens (including phenoxy) is 1. The summed E-state index contributed by atoms with van der Waals surface area (Å²) in [6.45, 7) is 7.44. The summed E-state index contributed by atoms with van der Waals surface area (Å²) in [6.07, 6.45) is 4.11. The zero-order valence-corrected chi connectivity index (χ0v) is 22.8. The van der Waals surface area contributed by atoms with Crippen molar-refractivity contribution in [3.8, 4) is 0 Å². The zero-order chi connectivity index (χ0) is 28.7. The standard InChI is InChI=1S/C25H43N7O6/c1-5-9-24(27,21(34)35)15(7-3)11-17(12-16(8-4)25(28,10-6-2)22(36)37)38-14-32-13-29-18-19(32)30-23(26)31-20(18)33/h13,15-17H,5-12,14,27-28H2,1-4H3,(H,34,35)(H,36,37)(H3,26,30,31,33). The molecule has 4 atom stereocenters. The monoisotopic (exact) mass is 537 g/mol. The van der Waals surface area contributed by atoms with E-state index < -0.39 is 46.5 Å². The fourth-order valence-corrected chi connectivity index (χ4v) is 5.40. The van der Waals surface area contributed by atoms with Crippen LogP contribution < -0.4 is 22.8 Å². The molecule has 0 spiro atoms. The van der Waals surface area contributed by atoms with E-state index in [9.17, 15) is 24.6 Å². The van der Waals surface area contributed by atoms with Crippen LogP contribution in [-0.4, -0.2) is 58.9 Å². The quantitative estimate of drug-likeness (QED) is 0.171. The van der Waals surface area contributed by atoms with E-state index in [0.29, 0.717) is 25.7 Å². The van der Waals surface area contributed by atoms with Crippen LogP contribution in [0.3, 0.4) is 0 Å². The number of nitrogens with one attached hydrogen (secondary N) is 1. The Hall–Kier alpha value is -3.03. The number of carboxylic acids is 2. The first-order valence-corrected chi connectivity index (χ1v) is 13.2. The highest BCUT2D eigenvalue weighted by molar-refractivity contribution is 5.79. The smallest absolute Gasteiger partial charge is 0.323 e. The summed E-state index contributed by atoms with van der Waals surface area (Å²) >= 11 is 0. The van der Waals surface area contributed by atoms with Crippen LogP contribution in [0.15, 0.2) is 11.1 Å². The first-order valence-electron chi connectivity index (χ1n) is 13.2. The van der Waals surface area contributed by atoms with E-state index in [1.54, 1.807) is 0 Å². The number of aliphatic carboxylic acids is 2. The van der Waals surface area contributed by atoms with E-state index in [-0.39, 0.29) is 49.5 Å².